The van der Waals surface area contributed by atoms with E-state index in [2.05, 4.69) is 33.9 Å². The molecule has 0 aromatic rings. The van der Waals surface area contributed by atoms with Gasteiger partial charge >= 0.3 is 0 Å². The summed E-state index contributed by atoms with van der Waals surface area (Å²) in [7, 11) is -0.763. The molecule has 4 heteroatoms. The Morgan fingerprint density at radius 3 is 3.23 bits per heavy atom. The Hall–Kier alpha value is -0.300. The lowest BCUT2D eigenvalue weighted by Gasteiger charge is -2.06. The van der Waals surface area contributed by atoms with Crippen LogP contribution in [0.3, 0.4) is 0 Å². The standard InChI is InChI=1S/C9H13ClNOP/c1-2-3-6-13-7-4-5-11-9(13)8-12-10/h3-7,13H,2,8H2,1H3/b6-3-. The molecule has 1 aliphatic rings. The summed E-state index contributed by atoms with van der Waals surface area (Å²) < 4.78 is 4.57. The molecule has 0 spiro atoms. The normalized spacial score (nSPS) is 21.7. The number of allylic oxidation sites excluding steroid dienone is 2. The molecule has 1 rings (SSSR count). The lowest BCUT2D eigenvalue weighted by molar-refractivity contribution is 0.421. The highest BCUT2D eigenvalue weighted by molar-refractivity contribution is 7.65. The van der Waals surface area contributed by atoms with Gasteiger partial charge in [-0.15, -0.1) is 0 Å². The molecule has 1 aliphatic heterocycles. The molecule has 2 nitrogen and oxygen atoms in total. The van der Waals surface area contributed by atoms with E-state index in [1.165, 1.54) is 0 Å². The Kier molecular flexibility index (Phi) is 5.14. The molecule has 0 radical (unpaired) electrons. The first kappa shape index (κ1) is 10.8. The summed E-state index contributed by atoms with van der Waals surface area (Å²) in [5, 5.41) is 0. The Balaban J connectivity index is 2.79. The van der Waals surface area contributed by atoms with E-state index in [1.54, 1.807) is 6.21 Å². The van der Waals surface area contributed by atoms with Gasteiger partial charge in [-0.2, -0.15) is 0 Å². The van der Waals surface area contributed by atoms with Crippen molar-refractivity contribution in [1.82, 2.24) is 0 Å². The third kappa shape index (κ3) is 3.51. The zero-order valence-corrected chi connectivity index (χ0v) is 9.29. The average molecular weight is 218 g/mol. The minimum atomic E-state index is -0.763. The summed E-state index contributed by atoms with van der Waals surface area (Å²) in [6, 6.07) is 0. The molecule has 0 bridgehead atoms. The first-order chi connectivity index (χ1) is 6.38. The highest BCUT2D eigenvalue weighted by Crippen LogP contribution is 2.31. The van der Waals surface area contributed by atoms with E-state index >= 15 is 0 Å². The van der Waals surface area contributed by atoms with E-state index in [-0.39, 0.29) is 0 Å². The maximum absolute atomic E-state index is 5.21. The van der Waals surface area contributed by atoms with E-state index in [0.29, 0.717) is 6.61 Å². The molecule has 0 saturated heterocycles. The van der Waals surface area contributed by atoms with Crippen LogP contribution in [0, 0.1) is 0 Å². The van der Waals surface area contributed by atoms with E-state index in [1.807, 2.05) is 6.08 Å². The van der Waals surface area contributed by atoms with E-state index in [9.17, 15) is 0 Å². The summed E-state index contributed by atoms with van der Waals surface area (Å²) in [5.41, 5.74) is 1.05. The molecule has 0 amide bonds. The minimum Gasteiger partial charge on any atom is -0.273 e. The van der Waals surface area contributed by atoms with Crippen LogP contribution in [-0.2, 0) is 4.29 Å². The lowest BCUT2D eigenvalue weighted by Crippen LogP contribution is -2.01. The maximum Gasteiger partial charge on any atom is 0.111 e. The van der Waals surface area contributed by atoms with Crippen molar-refractivity contribution in [3.05, 3.63) is 23.8 Å². The van der Waals surface area contributed by atoms with Crippen molar-refractivity contribution in [2.45, 2.75) is 13.3 Å². The van der Waals surface area contributed by atoms with Crippen molar-refractivity contribution in [2.75, 3.05) is 6.61 Å². The Morgan fingerprint density at radius 1 is 1.69 bits per heavy atom. The van der Waals surface area contributed by atoms with Crippen molar-refractivity contribution < 1.29 is 4.29 Å². The van der Waals surface area contributed by atoms with Gasteiger partial charge in [-0.25, -0.2) is 0 Å². The molecule has 1 heterocycles. The topological polar surface area (TPSA) is 21.6 Å². The number of hydrogen-bond donors (Lipinski definition) is 0. The van der Waals surface area contributed by atoms with Crippen LogP contribution in [0.2, 0.25) is 0 Å². The van der Waals surface area contributed by atoms with E-state index in [0.717, 1.165) is 11.8 Å². The largest absolute Gasteiger partial charge is 0.273 e. The highest BCUT2D eigenvalue weighted by atomic mass is 35.5. The van der Waals surface area contributed by atoms with Crippen molar-refractivity contribution in [1.29, 1.82) is 0 Å². The van der Waals surface area contributed by atoms with Crippen LogP contribution in [0.5, 0.6) is 0 Å². The fourth-order valence-electron chi connectivity index (χ4n) is 1.02. The molecular weight excluding hydrogens is 205 g/mol. The average Bonchev–Trinajstić information content (AvgIpc) is 2.17. The number of hydrogen-bond acceptors (Lipinski definition) is 2. The first-order valence-corrected chi connectivity index (χ1v) is 6.18. The Labute approximate surface area is 84.5 Å². The Morgan fingerprint density at radius 2 is 2.54 bits per heavy atom. The fourth-order valence-corrected chi connectivity index (χ4v) is 2.96. The van der Waals surface area contributed by atoms with Crippen LogP contribution >= 0.6 is 19.4 Å². The second-order valence-corrected chi connectivity index (χ2v) is 4.98. The molecule has 1 unspecified atom stereocenters. The molecule has 0 N–H and O–H groups in total. The van der Waals surface area contributed by atoms with E-state index < -0.39 is 7.55 Å². The lowest BCUT2D eigenvalue weighted by atomic mass is 10.5. The Bertz CT molecular complexity index is 281. The third-order valence-corrected chi connectivity index (χ3v) is 3.85. The van der Waals surface area contributed by atoms with Gasteiger partial charge in [0.25, 0.3) is 0 Å². The van der Waals surface area contributed by atoms with Crippen molar-refractivity contribution in [3.63, 3.8) is 0 Å². The molecule has 0 aromatic carbocycles. The van der Waals surface area contributed by atoms with Crippen LogP contribution < -0.4 is 0 Å². The molecule has 0 aliphatic carbocycles. The van der Waals surface area contributed by atoms with Gasteiger partial charge in [0.2, 0.25) is 0 Å². The van der Waals surface area contributed by atoms with Crippen molar-refractivity contribution >= 4 is 31.0 Å². The summed E-state index contributed by atoms with van der Waals surface area (Å²) >= 11 is 5.21. The fraction of sp³-hybridized carbons (Fsp3) is 0.333. The van der Waals surface area contributed by atoms with Gasteiger partial charge < -0.3 is 0 Å². The third-order valence-electron chi connectivity index (χ3n) is 1.65. The predicted molar refractivity (Wildman–Crippen MR) is 62.2 cm³/mol. The van der Waals surface area contributed by atoms with Gasteiger partial charge in [-0.3, -0.25) is 9.28 Å². The monoisotopic (exact) mass is 217 g/mol. The quantitative estimate of drug-likeness (QED) is 0.664. The van der Waals surface area contributed by atoms with Crippen molar-refractivity contribution in [2.24, 2.45) is 4.99 Å². The predicted octanol–water partition coefficient (Wildman–Crippen LogP) is 3.02. The zero-order chi connectivity index (χ0) is 9.52. The number of nitrogens with zero attached hydrogens (tertiary/aromatic N) is 1. The second-order valence-electron chi connectivity index (χ2n) is 2.60. The van der Waals surface area contributed by atoms with Crippen LogP contribution in [0.4, 0.5) is 0 Å². The molecule has 0 fully saturated rings. The van der Waals surface area contributed by atoms with Gasteiger partial charge in [0.15, 0.2) is 0 Å². The van der Waals surface area contributed by atoms with Gasteiger partial charge in [0.05, 0.1) is 17.3 Å². The summed E-state index contributed by atoms with van der Waals surface area (Å²) in [6.45, 7) is 2.54. The van der Waals surface area contributed by atoms with Crippen LogP contribution in [0.1, 0.15) is 13.3 Å². The first-order valence-electron chi connectivity index (χ1n) is 4.22. The molecule has 1 atom stereocenters. The smallest absolute Gasteiger partial charge is 0.111 e. The molecule has 0 saturated carbocycles. The zero-order valence-electron chi connectivity index (χ0n) is 7.53. The number of aliphatic imine (C=N–C) groups is 1. The highest BCUT2D eigenvalue weighted by Gasteiger charge is 2.01. The molecular formula is C9H13ClNOP. The van der Waals surface area contributed by atoms with Crippen molar-refractivity contribution in [3.8, 4) is 0 Å². The summed E-state index contributed by atoms with van der Waals surface area (Å²) in [4.78, 5) is 4.24. The van der Waals surface area contributed by atoms with Gasteiger partial charge in [0, 0.05) is 6.21 Å². The van der Waals surface area contributed by atoms with Gasteiger partial charge in [-0.05, 0) is 12.5 Å². The summed E-state index contributed by atoms with van der Waals surface area (Å²) in [5.74, 6) is 4.39. The summed E-state index contributed by atoms with van der Waals surface area (Å²) in [6.07, 6.45) is 6.97. The van der Waals surface area contributed by atoms with Gasteiger partial charge in [0.1, 0.15) is 6.61 Å². The second kappa shape index (κ2) is 6.20. The SMILES string of the molecule is CC/C=C\[PH]1=C(COCl)N=CC=C1. The van der Waals surface area contributed by atoms with Crippen LogP contribution in [0.15, 0.2) is 28.8 Å². The van der Waals surface area contributed by atoms with Gasteiger partial charge in [-0.1, -0.05) is 32.2 Å². The van der Waals surface area contributed by atoms with Crippen LogP contribution in [0.25, 0.3) is 0 Å². The number of rotatable bonds is 4. The molecule has 0 aromatic heterocycles. The number of halogens is 1. The minimum absolute atomic E-state index is 0.421. The molecule has 72 valence electrons. The maximum atomic E-state index is 5.21. The van der Waals surface area contributed by atoms with Crippen LogP contribution in [-0.4, -0.2) is 18.2 Å². The molecule has 13 heavy (non-hydrogen) atoms. The van der Waals surface area contributed by atoms with E-state index in [4.69, 9.17) is 11.9 Å².